The molecule has 0 radical (unpaired) electrons. The summed E-state index contributed by atoms with van der Waals surface area (Å²) in [6.45, 7) is 7.63. The van der Waals surface area contributed by atoms with Crippen LogP contribution in [0.1, 0.15) is 24.2 Å². The van der Waals surface area contributed by atoms with Crippen LogP contribution in [-0.4, -0.2) is 27.0 Å². The van der Waals surface area contributed by atoms with E-state index < -0.39 is 15.1 Å². The van der Waals surface area contributed by atoms with E-state index in [9.17, 15) is 9.59 Å². The zero-order valence-corrected chi connectivity index (χ0v) is 13.0. The molecular weight excluding hydrogens is 258 g/mol. The highest BCUT2D eigenvalue weighted by Crippen LogP contribution is 2.07. The fraction of sp³-hybridized carbons (Fsp3) is 0.429. The molecule has 104 valence electrons. The van der Waals surface area contributed by atoms with Gasteiger partial charge in [0.15, 0.2) is 0 Å². The molecule has 19 heavy (non-hydrogen) atoms. The molecule has 0 aliphatic rings. The fourth-order valence-electron chi connectivity index (χ4n) is 1.62. The number of hydrogen-bond acceptors (Lipinski definition) is 3. The van der Waals surface area contributed by atoms with Gasteiger partial charge in [-0.05, 0) is 31.1 Å². The van der Waals surface area contributed by atoms with Crippen LogP contribution >= 0.6 is 0 Å². The lowest BCUT2D eigenvalue weighted by atomic mass is 10.0. The normalized spacial score (nSPS) is 12.3. The average Bonchev–Trinajstić information content (AvgIpc) is 2.35. The van der Waals surface area contributed by atoms with Gasteiger partial charge < -0.3 is 9.74 Å². The van der Waals surface area contributed by atoms with E-state index in [0.29, 0.717) is 5.56 Å². The Kier molecular flexibility index (Phi) is 5.76. The molecule has 0 saturated carbocycles. The molecule has 0 aliphatic carbocycles. The number of nitrogens with one attached hydrogen (secondary N) is 1. The molecule has 1 rings (SSSR count). The van der Waals surface area contributed by atoms with Gasteiger partial charge in [-0.1, -0.05) is 32.0 Å². The molecule has 0 heterocycles. The highest BCUT2D eigenvalue weighted by molar-refractivity contribution is 6.50. The molecule has 1 amide bonds. The van der Waals surface area contributed by atoms with Gasteiger partial charge in [0.25, 0.3) is 5.91 Å². The van der Waals surface area contributed by atoms with Crippen molar-refractivity contribution < 1.29 is 14.0 Å². The minimum atomic E-state index is -1.45. The summed E-state index contributed by atoms with van der Waals surface area (Å²) in [5.74, 6) is -0.587. The van der Waals surface area contributed by atoms with Gasteiger partial charge >= 0.3 is 5.97 Å². The van der Waals surface area contributed by atoms with Crippen molar-refractivity contribution >= 4 is 20.9 Å². The maximum atomic E-state index is 12.0. The van der Waals surface area contributed by atoms with Gasteiger partial charge in [0.2, 0.25) is 9.04 Å². The van der Waals surface area contributed by atoms with Crippen molar-refractivity contribution in [1.82, 2.24) is 5.32 Å². The number of carbonyl (C=O) groups is 2. The van der Waals surface area contributed by atoms with Crippen LogP contribution in [0.3, 0.4) is 0 Å². The molecule has 0 fully saturated rings. The molecule has 0 unspecified atom stereocenters. The molecule has 1 aromatic carbocycles. The van der Waals surface area contributed by atoms with Gasteiger partial charge in [-0.2, -0.15) is 0 Å². The molecular formula is C14H21NO3Si. The van der Waals surface area contributed by atoms with Gasteiger partial charge in [-0.25, -0.2) is 0 Å². The van der Waals surface area contributed by atoms with E-state index in [-0.39, 0.29) is 17.8 Å². The van der Waals surface area contributed by atoms with E-state index in [1.165, 1.54) is 0 Å². The summed E-state index contributed by atoms with van der Waals surface area (Å²) in [5, 5.41) is 2.75. The third-order valence-electron chi connectivity index (χ3n) is 2.60. The molecule has 5 heteroatoms. The van der Waals surface area contributed by atoms with Crippen molar-refractivity contribution in [2.45, 2.75) is 33.0 Å². The molecule has 1 aromatic rings. The van der Waals surface area contributed by atoms with Crippen LogP contribution in [-0.2, 0) is 9.22 Å². The Hall–Kier alpha value is -1.62. The molecule has 4 nitrogen and oxygen atoms in total. The molecule has 1 atom stereocenters. The Balaban J connectivity index is 2.74. The monoisotopic (exact) mass is 279 g/mol. The van der Waals surface area contributed by atoms with E-state index >= 15 is 0 Å². The molecule has 0 aliphatic heterocycles. The largest absolute Gasteiger partial charge is 0.521 e. The second kappa shape index (κ2) is 7.09. The Morgan fingerprint density at radius 3 is 2.21 bits per heavy atom. The quantitative estimate of drug-likeness (QED) is 0.838. The number of benzene rings is 1. The zero-order chi connectivity index (χ0) is 14.4. The van der Waals surface area contributed by atoms with E-state index in [4.69, 9.17) is 4.43 Å². The van der Waals surface area contributed by atoms with Crippen LogP contribution in [0.5, 0.6) is 0 Å². The van der Waals surface area contributed by atoms with E-state index in [1.54, 1.807) is 24.3 Å². The SMILES string of the molecule is CC(C)[C@H](NC(=O)c1ccccc1)C(=O)O[SiH](C)C. The smallest absolute Gasteiger partial charge is 0.315 e. The first kappa shape index (κ1) is 15.4. The lowest BCUT2D eigenvalue weighted by Gasteiger charge is -2.22. The number of amides is 1. The lowest BCUT2D eigenvalue weighted by Crippen LogP contribution is -2.46. The second-order valence-electron chi connectivity index (χ2n) is 5.05. The summed E-state index contributed by atoms with van der Waals surface area (Å²) in [5.41, 5.74) is 0.544. The molecule has 0 aromatic heterocycles. The average molecular weight is 279 g/mol. The van der Waals surface area contributed by atoms with Crippen LogP contribution < -0.4 is 5.32 Å². The second-order valence-corrected chi connectivity index (χ2v) is 7.38. The first-order valence-electron chi connectivity index (χ1n) is 6.48. The number of hydrogen-bond donors (Lipinski definition) is 1. The zero-order valence-electron chi connectivity index (χ0n) is 11.8. The highest BCUT2D eigenvalue weighted by atomic mass is 28.3. The molecule has 0 bridgehead atoms. The van der Waals surface area contributed by atoms with Gasteiger partial charge in [0.05, 0.1) is 0 Å². The first-order chi connectivity index (χ1) is 8.91. The summed E-state index contributed by atoms with van der Waals surface area (Å²) in [4.78, 5) is 24.0. The predicted molar refractivity (Wildman–Crippen MR) is 77.5 cm³/mol. The van der Waals surface area contributed by atoms with E-state index in [1.807, 2.05) is 33.0 Å². The summed E-state index contributed by atoms with van der Waals surface area (Å²) in [6, 6.07) is 8.26. The fourth-order valence-corrected chi connectivity index (χ4v) is 2.23. The standard InChI is InChI=1S/C14H21NO3Si/c1-10(2)12(14(17)18-19(3)4)15-13(16)11-8-6-5-7-9-11/h5-10,12,19H,1-4H3,(H,15,16)/t12-/m0/s1. The van der Waals surface area contributed by atoms with Crippen molar-refractivity contribution in [3.8, 4) is 0 Å². The first-order valence-corrected chi connectivity index (χ1v) is 9.26. The lowest BCUT2D eigenvalue weighted by molar-refractivity contribution is -0.137. The van der Waals surface area contributed by atoms with E-state index in [0.717, 1.165) is 0 Å². The van der Waals surface area contributed by atoms with Crippen molar-refractivity contribution in [1.29, 1.82) is 0 Å². The predicted octanol–water partition coefficient (Wildman–Crippen LogP) is 1.97. The van der Waals surface area contributed by atoms with Gasteiger partial charge in [0.1, 0.15) is 6.04 Å². The van der Waals surface area contributed by atoms with Crippen LogP contribution in [0.2, 0.25) is 13.1 Å². The summed E-state index contributed by atoms with van der Waals surface area (Å²) in [6.07, 6.45) is 0. The number of rotatable bonds is 5. The van der Waals surface area contributed by atoms with Crippen molar-refractivity contribution in [2.75, 3.05) is 0 Å². The van der Waals surface area contributed by atoms with Gasteiger partial charge in [-0.15, -0.1) is 0 Å². The maximum absolute atomic E-state index is 12.0. The van der Waals surface area contributed by atoms with Crippen molar-refractivity contribution in [3.63, 3.8) is 0 Å². The number of carbonyl (C=O) groups excluding carboxylic acids is 2. The molecule has 0 saturated heterocycles. The Bertz CT molecular complexity index is 432. The van der Waals surface area contributed by atoms with Crippen LogP contribution in [0, 0.1) is 5.92 Å². The van der Waals surface area contributed by atoms with Gasteiger partial charge in [-0.3, -0.25) is 9.59 Å². The minimum absolute atomic E-state index is 0.00656. The van der Waals surface area contributed by atoms with Crippen LogP contribution in [0.4, 0.5) is 0 Å². The Labute approximate surface area is 115 Å². The molecule has 1 N–H and O–H groups in total. The van der Waals surface area contributed by atoms with Gasteiger partial charge in [0, 0.05) is 5.56 Å². The summed E-state index contributed by atoms with van der Waals surface area (Å²) < 4.78 is 5.30. The van der Waals surface area contributed by atoms with Crippen molar-refractivity contribution in [2.24, 2.45) is 5.92 Å². The Morgan fingerprint density at radius 1 is 1.16 bits per heavy atom. The topological polar surface area (TPSA) is 55.4 Å². The van der Waals surface area contributed by atoms with Crippen LogP contribution in [0.25, 0.3) is 0 Å². The summed E-state index contributed by atoms with van der Waals surface area (Å²) >= 11 is 0. The van der Waals surface area contributed by atoms with Crippen LogP contribution in [0.15, 0.2) is 30.3 Å². The third-order valence-corrected chi connectivity index (χ3v) is 3.30. The maximum Gasteiger partial charge on any atom is 0.315 e. The third kappa shape index (κ3) is 4.87. The Morgan fingerprint density at radius 2 is 1.74 bits per heavy atom. The summed E-state index contributed by atoms with van der Waals surface area (Å²) in [7, 11) is -1.45. The molecule has 0 spiro atoms. The minimum Gasteiger partial charge on any atom is -0.521 e. The van der Waals surface area contributed by atoms with Crippen molar-refractivity contribution in [3.05, 3.63) is 35.9 Å². The highest BCUT2D eigenvalue weighted by Gasteiger charge is 2.26. The van der Waals surface area contributed by atoms with E-state index in [2.05, 4.69) is 5.32 Å².